The molecule has 170 valence electrons. The van der Waals surface area contributed by atoms with Gasteiger partial charge in [-0.2, -0.15) is 16.8 Å². The topological polar surface area (TPSA) is 86.7 Å². The van der Waals surface area contributed by atoms with Crippen LogP contribution in [0.15, 0.2) is 58.3 Å². The smallest absolute Gasteiger partial charge is 0.340 e. The van der Waals surface area contributed by atoms with Crippen LogP contribution in [-0.4, -0.2) is 16.8 Å². The molecule has 0 aliphatic rings. The van der Waals surface area contributed by atoms with Gasteiger partial charge < -0.3 is 8.37 Å². The first-order chi connectivity index (χ1) is 14.8. The Labute approximate surface area is 213 Å². The van der Waals surface area contributed by atoms with Gasteiger partial charge in [-0.25, -0.2) is 0 Å². The molecular formula is C18H8Cl6O6S2. The molecular weight excluding hydrogens is 589 g/mol. The van der Waals surface area contributed by atoms with Crippen molar-refractivity contribution >= 4 is 89.8 Å². The number of benzene rings is 3. The lowest BCUT2D eigenvalue weighted by Gasteiger charge is -2.12. The summed E-state index contributed by atoms with van der Waals surface area (Å²) in [5, 5.41) is -0.443. The largest absolute Gasteiger partial charge is 0.379 e. The van der Waals surface area contributed by atoms with E-state index in [9.17, 15) is 16.8 Å². The zero-order valence-corrected chi connectivity index (χ0v) is 21.3. The highest BCUT2D eigenvalue weighted by Crippen LogP contribution is 2.35. The van der Waals surface area contributed by atoms with E-state index in [1.54, 1.807) is 0 Å². The van der Waals surface area contributed by atoms with Crippen LogP contribution in [0.25, 0.3) is 0 Å². The molecule has 0 heterocycles. The fraction of sp³-hybridized carbons (Fsp3) is 0. The Morgan fingerprint density at radius 1 is 0.500 bits per heavy atom. The molecule has 0 aromatic heterocycles. The number of rotatable bonds is 6. The Morgan fingerprint density at radius 2 is 0.844 bits per heavy atom. The number of hydrogen-bond acceptors (Lipinski definition) is 6. The zero-order valence-electron chi connectivity index (χ0n) is 15.2. The van der Waals surface area contributed by atoms with E-state index in [1.807, 2.05) is 0 Å². The predicted molar refractivity (Wildman–Crippen MR) is 125 cm³/mol. The summed E-state index contributed by atoms with van der Waals surface area (Å²) < 4.78 is 60.5. The molecule has 0 fully saturated rings. The van der Waals surface area contributed by atoms with Crippen LogP contribution in [0.2, 0.25) is 30.1 Å². The maximum Gasteiger partial charge on any atom is 0.340 e. The fourth-order valence-electron chi connectivity index (χ4n) is 2.31. The van der Waals surface area contributed by atoms with E-state index >= 15 is 0 Å². The lowest BCUT2D eigenvalue weighted by Crippen LogP contribution is -2.12. The van der Waals surface area contributed by atoms with Crippen molar-refractivity contribution in [3.8, 4) is 11.5 Å². The molecule has 0 bridgehead atoms. The molecule has 0 aliphatic carbocycles. The maximum atomic E-state index is 12.6. The molecule has 3 aromatic carbocycles. The van der Waals surface area contributed by atoms with Crippen LogP contribution < -0.4 is 8.37 Å². The second kappa shape index (κ2) is 9.64. The third kappa shape index (κ3) is 5.69. The SMILES string of the molecule is O=S(=O)(Oc1cccc(OS(=O)(=O)c2cc(Cl)c(Cl)cc2Cl)c1)c1cc(Cl)c(Cl)cc1Cl. The summed E-state index contributed by atoms with van der Waals surface area (Å²) in [5.74, 6) is -0.528. The van der Waals surface area contributed by atoms with Gasteiger partial charge in [-0.3, -0.25) is 0 Å². The first-order valence-corrected chi connectivity index (χ1v) is 13.2. The van der Waals surface area contributed by atoms with Crippen LogP contribution in [0.5, 0.6) is 11.5 Å². The Hall–Kier alpha value is -1.10. The lowest BCUT2D eigenvalue weighted by molar-refractivity contribution is 0.476. The summed E-state index contributed by atoms with van der Waals surface area (Å²) in [4.78, 5) is -0.870. The van der Waals surface area contributed by atoms with E-state index in [0.717, 1.165) is 30.3 Å². The van der Waals surface area contributed by atoms with Crippen LogP contribution in [-0.2, 0) is 20.2 Å². The third-order valence-electron chi connectivity index (χ3n) is 3.71. The van der Waals surface area contributed by atoms with Crippen LogP contribution in [0.3, 0.4) is 0 Å². The molecule has 32 heavy (non-hydrogen) atoms. The van der Waals surface area contributed by atoms with Gasteiger partial charge in [-0.05, 0) is 36.4 Å². The highest BCUT2D eigenvalue weighted by Gasteiger charge is 2.25. The van der Waals surface area contributed by atoms with Gasteiger partial charge in [0.05, 0.1) is 30.1 Å². The van der Waals surface area contributed by atoms with Crippen molar-refractivity contribution < 1.29 is 25.2 Å². The van der Waals surface area contributed by atoms with E-state index in [0.29, 0.717) is 0 Å². The van der Waals surface area contributed by atoms with Gasteiger partial charge >= 0.3 is 20.2 Å². The summed E-state index contributed by atoms with van der Waals surface area (Å²) >= 11 is 35.2. The summed E-state index contributed by atoms with van der Waals surface area (Å²) in [6, 6.07) is 9.21. The monoisotopic (exact) mass is 594 g/mol. The lowest BCUT2D eigenvalue weighted by atomic mass is 10.3. The van der Waals surface area contributed by atoms with E-state index in [4.69, 9.17) is 78.0 Å². The summed E-state index contributed by atoms with van der Waals surface area (Å²) in [6.07, 6.45) is 0. The second-order valence-electron chi connectivity index (χ2n) is 5.94. The molecule has 0 spiro atoms. The summed E-state index contributed by atoms with van der Waals surface area (Å²) in [6.45, 7) is 0. The van der Waals surface area contributed by atoms with E-state index in [1.165, 1.54) is 18.2 Å². The van der Waals surface area contributed by atoms with Gasteiger partial charge in [0.15, 0.2) is 0 Å². The molecule has 0 N–H and O–H groups in total. The van der Waals surface area contributed by atoms with E-state index < -0.39 is 30.0 Å². The van der Waals surface area contributed by atoms with Crippen molar-refractivity contribution in [2.75, 3.05) is 0 Å². The Kier molecular flexibility index (Phi) is 7.69. The quantitative estimate of drug-likeness (QED) is 0.222. The van der Waals surface area contributed by atoms with Crippen molar-refractivity contribution in [1.29, 1.82) is 0 Å². The highest BCUT2D eigenvalue weighted by atomic mass is 35.5. The third-order valence-corrected chi connectivity index (χ3v) is 8.58. The predicted octanol–water partition coefficient (Wildman–Crippen LogP) is 7.14. The molecule has 0 saturated heterocycles. The van der Waals surface area contributed by atoms with E-state index in [-0.39, 0.29) is 41.6 Å². The molecule has 0 atom stereocenters. The first-order valence-electron chi connectivity index (χ1n) is 8.08. The molecule has 3 rings (SSSR count). The molecule has 0 radical (unpaired) electrons. The average Bonchev–Trinajstić information content (AvgIpc) is 2.66. The fourth-order valence-corrected chi connectivity index (χ4v) is 6.12. The van der Waals surface area contributed by atoms with Crippen molar-refractivity contribution in [3.63, 3.8) is 0 Å². The number of halogens is 6. The molecule has 14 heteroatoms. The zero-order chi connectivity index (χ0) is 23.8. The van der Waals surface area contributed by atoms with Crippen molar-refractivity contribution in [2.45, 2.75) is 9.79 Å². The highest BCUT2D eigenvalue weighted by molar-refractivity contribution is 7.87. The first kappa shape index (κ1) is 25.5. The average molecular weight is 597 g/mol. The van der Waals surface area contributed by atoms with Crippen LogP contribution in [0, 0.1) is 0 Å². The van der Waals surface area contributed by atoms with Crippen molar-refractivity contribution in [3.05, 3.63) is 78.7 Å². The molecule has 0 saturated carbocycles. The maximum absolute atomic E-state index is 12.6. The van der Waals surface area contributed by atoms with Gasteiger partial charge in [0.1, 0.15) is 21.3 Å². The van der Waals surface area contributed by atoms with Gasteiger partial charge in [0.2, 0.25) is 0 Å². The molecule has 3 aromatic rings. The number of hydrogen-bond donors (Lipinski definition) is 0. The minimum atomic E-state index is -4.45. The molecule has 0 unspecified atom stereocenters. The van der Waals surface area contributed by atoms with Crippen LogP contribution >= 0.6 is 69.6 Å². The minimum Gasteiger partial charge on any atom is -0.379 e. The summed E-state index contributed by atoms with van der Waals surface area (Å²) in [7, 11) is -8.89. The summed E-state index contributed by atoms with van der Waals surface area (Å²) in [5.41, 5.74) is 0. The normalized spacial score (nSPS) is 11.9. The van der Waals surface area contributed by atoms with Gasteiger partial charge in [0, 0.05) is 6.07 Å². The van der Waals surface area contributed by atoms with Crippen LogP contribution in [0.1, 0.15) is 0 Å². The van der Waals surface area contributed by atoms with E-state index in [2.05, 4.69) is 0 Å². The van der Waals surface area contributed by atoms with Crippen molar-refractivity contribution in [1.82, 2.24) is 0 Å². The van der Waals surface area contributed by atoms with Gasteiger partial charge in [-0.15, -0.1) is 0 Å². The van der Waals surface area contributed by atoms with Gasteiger partial charge in [0.25, 0.3) is 0 Å². The Morgan fingerprint density at radius 3 is 1.22 bits per heavy atom. The minimum absolute atomic E-state index is 0.0529. The van der Waals surface area contributed by atoms with Crippen molar-refractivity contribution in [2.24, 2.45) is 0 Å². The Bertz CT molecular complexity index is 1320. The second-order valence-corrected chi connectivity index (χ2v) is 11.4. The van der Waals surface area contributed by atoms with Crippen LogP contribution in [0.4, 0.5) is 0 Å². The van der Waals surface area contributed by atoms with Gasteiger partial charge in [-0.1, -0.05) is 75.7 Å². The standard InChI is InChI=1S/C18H8Cl6O6S2/c19-11-5-15(23)17(7-13(11)21)31(25,26)29-9-2-1-3-10(4-9)30-32(27,28)18-8-14(22)12(20)6-16(18)24/h1-8H. The molecule has 0 aliphatic heterocycles. The molecule has 6 nitrogen and oxygen atoms in total. The Balaban J connectivity index is 1.91. The molecule has 0 amide bonds.